The molecule has 0 bridgehead atoms. The molecule has 0 atom stereocenters. The van der Waals surface area contributed by atoms with Crippen LogP contribution < -0.4 is 0 Å². The maximum absolute atomic E-state index is 12.7. The number of nitrogens with zero attached hydrogens (tertiary/aromatic N) is 3. The molecule has 4 aromatic rings. The smallest absolute Gasteiger partial charge is 0.378 e. The molecule has 0 saturated heterocycles. The monoisotopic (exact) mass is 567 g/mol. The number of halogens is 2. The van der Waals surface area contributed by atoms with Crippen LogP contribution in [-0.4, -0.2) is 33.1 Å². The number of ketones is 1. The maximum atomic E-state index is 12.7. The largest absolute Gasteiger partial charge is 0.451 e. The summed E-state index contributed by atoms with van der Waals surface area (Å²) in [6.07, 6.45) is 0. The fourth-order valence-electron chi connectivity index (χ4n) is 3.31. The number of rotatable bonds is 6. The normalized spacial score (nSPS) is 10.8. The Bertz CT molecular complexity index is 1330. The van der Waals surface area contributed by atoms with Gasteiger partial charge in [-0.3, -0.25) is 4.79 Å². The Hall–Kier alpha value is -3.10. The zero-order valence-electron chi connectivity index (χ0n) is 17.9. The molecule has 0 unspecified atom stereocenters. The van der Waals surface area contributed by atoms with Gasteiger partial charge in [0.2, 0.25) is 0 Å². The predicted molar refractivity (Wildman–Crippen MR) is 133 cm³/mol. The van der Waals surface area contributed by atoms with Crippen molar-refractivity contribution in [1.82, 2.24) is 14.8 Å². The molecule has 1 heterocycles. The Kier molecular flexibility index (Phi) is 6.85. The number of ether oxygens (including phenoxy) is 1. The third kappa shape index (κ3) is 5.29. The SMILES string of the molecule is Cc1ccc(-n2nc(C(=O)OCC(=O)c3ccc(Br)cc3)nc2-c2ccc(Br)cc2)c(C)c1. The summed E-state index contributed by atoms with van der Waals surface area (Å²) in [6.45, 7) is 3.59. The van der Waals surface area contributed by atoms with Crippen molar-refractivity contribution in [3.05, 3.63) is 98.2 Å². The van der Waals surface area contributed by atoms with E-state index in [0.717, 1.165) is 31.3 Å². The van der Waals surface area contributed by atoms with Gasteiger partial charge in [0.1, 0.15) is 0 Å². The first-order chi connectivity index (χ1) is 15.8. The fraction of sp³-hybridized carbons (Fsp3) is 0.120. The van der Waals surface area contributed by atoms with Crippen LogP contribution in [0.4, 0.5) is 0 Å². The molecule has 4 rings (SSSR count). The highest BCUT2D eigenvalue weighted by atomic mass is 79.9. The van der Waals surface area contributed by atoms with Gasteiger partial charge in [0.15, 0.2) is 18.2 Å². The van der Waals surface area contributed by atoms with Gasteiger partial charge in [-0.15, -0.1) is 5.10 Å². The van der Waals surface area contributed by atoms with Crippen LogP contribution in [0.1, 0.15) is 32.1 Å². The molecule has 166 valence electrons. The van der Waals surface area contributed by atoms with E-state index < -0.39 is 12.6 Å². The number of carbonyl (C=O) groups is 2. The summed E-state index contributed by atoms with van der Waals surface area (Å²) in [6, 6.07) is 20.4. The molecule has 8 heteroatoms. The minimum absolute atomic E-state index is 0.114. The van der Waals surface area contributed by atoms with Crippen LogP contribution in [0.2, 0.25) is 0 Å². The minimum atomic E-state index is -0.762. The Morgan fingerprint density at radius 3 is 2.18 bits per heavy atom. The second-order valence-electron chi connectivity index (χ2n) is 7.47. The van der Waals surface area contributed by atoms with E-state index >= 15 is 0 Å². The molecule has 0 aliphatic carbocycles. The van der Waals surface area contributed by atoms with Crippen molar-refractivity contribution in [1.29, 1.82) is 0 Å². The highest BCUT2D eigenvalue weighted by Crippen LogP contribution is 2.25. The maximum Gasteiger partial charge on any atom is 0.378 e. The van der Waals surface area contributed by atoms with Crippen molar-refractivity contribution in [2.24, 2.45) is 0 Å². The van der Waals surface area contributed by atoms with E-state index in [-0.39, 0.29) is 11.6 Å². The summed E-state index contributed by atoms with van der Waals surface area (Å²) < 4.78 is 8.65. The summed E-state index contributed by atoms with van der Waals surface area (Å²) in [5.74, 6) is -0.683. The first kappa shape index (κ1) is 23.1. The quantitative estimate of drug-likeness (QED) is 0.207. The lowest BCUT2D eigenvalue weighted by molar-refractivity contribution is 0.0462. The van der Waals surface area contributed by atoms with Gasteiger partial charge in [-0.05, 0) is 49.7 Å². The molecule has 0 N–H and O–H groups in total. The molecule has 1 aromatic heterocycles. The van der Waals surface area contributed by atoms with Gasteiger partial charge < -0.3 is 4.74 Å². The molecule has 0 aliphatic heterocycles. The van der Waals surface area contributed by atoms with Gasteiger partial charge in [-0.2, -0.15) is 0 Å². The Balaban J connectivity index is 1.64. The summed E-state index contributed by atoms with van der Waals surface area (Å²) in [5.41, 5.74) is 4.15. The van der Waals surface area contributed by atoms with Crippen molar-refractivity contribution >= 4 is 43.6 Å². The van der Waals surface area contributed by atoms with E-state index in [1.165, 1.54) is 0 Å². The standard InChI is InChI=1S/C25H19Br2N3O3/c1-15-3-12-21(16(2)13-15)30-24(18-6-10-20(27)11-7-18)28-23(29-30)25(32)33-14-22(31)17-4-8-19(26)9-5-17/h3-13H,14H2,1-2H3. The van der Waals surface area contributed by atoms with Crippen molar-refractivity contribution < 1.29 is 14.3 Å². The van der Waals surface area contributed by atoms with Gasteiger partial charge in [0.25, 0.3) is 5.82 Å². The number of aromatic nitrogens is 3. The average Bonchev–Trinajstić information content (AvgIpc) is 3.23. The molecular weight excluding hydrogens is 550 g/mol. The number of carbonyl (C=O) groups excluding carboxylic acids is 2. The average molecular weight is 569 g/mol. The summed E-state index contributed by atoms with van der Waals surface area (Å²) in [7, 11) is 0. The lowest BCUT2D eigenvalue weighted by Crippen LogP contribution is -2.15. The lowest BCUT2D eigenvalue weighted by atomic mass is 10.1. The molecule has 3 aromatic carbocycles. The third-order valence-corrected chi connectivity index (χ3v) is 6.03. The van der Waals surface area contributed by atoms with Gasteiger partial charge >= 0.3 is 5.97 Å². The molecule has 33 heavy (non-hydrogen) atoms. The van der Waals surface area contributed by atoms with Gasteiger partial charge in [-0.25, -0.2) is 14.5 Å². The van der Waals surface area contributed by atoms with Crippen LogP contribution in [0.15, 0.2) is 75.7 Å². The van der Waals surface area contributed by atoms with E-state index in [4.69, 9.17) is 4.74 Å². The van der Waals surface area contributed by atoms with Crippen LogP contribution in [0.3, 0.4) is 0 Å². The molecule has 0 radical (unpaired) electrons. The molecule has 0 aliphatic rings. The Morgan fingerprint density at radius 2 is 1.55 bits per heavy atom. The zero-order chi connectivity index (χ0) is 23.5. The van der Waals surface area contributed by atoms with E-state index in [0.29, 0.717) is 11.4 Å². The zero-order valence-corrected chi connectivity index (χ0v) is 21.1. The van der Waals surface area contributed by atoms with Gasteiger partial charge in [0, 0.05) is 20.1 Å². The third-order valence-electron chi connectivity index (χ3n) is 4.97. The van der Waals surface area contributed by atoms with E-state index in [1.54, 1.807) is 28.9 Å². The molecule has 0 fully saturated rings. The molecule has 0 saturated carbocycles. The van der Waals surface area contributed by atoms with Crippen LogP contribution in [0, 0.1) is 13.8 Å². The number of aryl methyl sites for hydroxylation is 2. The Morgan fingerprint density at radius 1 is 0.909 bits per heavy atom. The topological polar surface area (TPSA) is 74.1 Å². The highest BCUT2D eigenvalue weighted by Gasteiger charge is 2.22. The first-order valence-electron chi connectivity index (χ1n) is 10.1. The Labute approximate surface area is 207 Å². The van der Waals surface area contributed by atoms with Crippen LogP contribution >= 0.6 is 31.9 Å². The number of hydrogen-bond acceptors (Lipinski definition) is 5. The van der Waals surface area contributed by atoms with Gasteiger partial charge in [-0.1, -0.05) is 73.8 Å². The number of esters is 1. The van der Waals surface area contributed by atoms with Crippen molar-refractivity contribution in [3.8, 4) is 17.1 Å². The molecular formula is C25H19Br2N3O3. The first-order valence-corrected chi connectivity index (χ1v) is 11.7. The van der Waals surface area contributed by atoms with Crippen LogP contribution in [0.25, 0.3) is 17.1 Å². The number of hydrogen-bond donors (Lipinski definition) is 0. The van der Waals surface area contributed by atoms with Crippen molar-refractivity contribution in [2.45, 2.75) is 13.8 Å². The summed E-state index contributed by atoms with van der Waals surface area (Å²) in [5, 5.41) is 4.43. The number of Topliss-reactive ketones (excluding diaryl/α,β-unsaturated/α-hetero) is 1. The summed E-state index contributed by atoms with van der Waals surface area (Å²) >= 11 is 6.76. The fourth-order valence-corrected chi connectivity index (χ4v) is 3.84. The highest BCUT2D eigenvalue weighted by molar-refractivity contribution is 9.10. The van der Waals surface area contributed by atoms with E-state index in [9.17, 15) is 9.59 Å². The lowest BCUT2D eigenvalue weighted by Gasteiger charge is -2.10. The van der Waals surface area contributed by atoms with Crippen molar-refractivity contribution in [2.75, 3.05) is 6.61 Å². The molecule has 0 amide bonds. The van der Waals surface area contributed by atoms with Gasteiger partial charge in [0.05, 0.1) is 5.69 Å². The van der Waals surface area contributed by atoms with Crippen LogP contribution in [0.5, 0.6) is 0 Å². The molecule has 0 spiro atoms. The number of benzene rings is 3. The van der Waals surface area contributed by atoms with Crippen LogP contribution in [-0.2, 0) is 4.74 Å². The van der Waals surface area contributed by atoms with E-state index in [2.05, 4.69) is 41.9 Å². The second-order valence-corrected chi connectivity index (χ2v) is 9.31. The minimum Gasteiger partial charge on any atom is -0.451 e. The summed E-state index contributed by atoms with van der Waals surface area (Å²) in [4.78, 5) is 29.6. The van der Waals surface area contributed by atoms with E-state index in [1.807, 2.05) is 56.3 Å². The van der Waals surface area contributed by atoms with Crippen molar-refractivity contribution in [3.63, 3.8) is 0 Å². The second kappa shape index (κ2) is 9.80. The predicted octanol–water partition coefficient (Wildman–Crippen LogP) is 6.12. The molecule has 6 nitrogen and oxygen atoms in total.